The minimum Gasteiger partial charge on any atom is -0.307 e. The third-order valence-corrected chi connectivity index (χ3v) is 5.10. The summed E-state index contributed by atoms with van der Waals surface area (Å²) < 4.78 is 4.04. The summed E-state index contributed by atoms with van der Waals surface area (Å²) in [5.41, 5.74) is 6.92. The number of fused-ring (bicyclic) bond motifs is 2. The molecular weight excluding hydrogens is 322 g/mol. The quantitative estimate of drug-likeness (QED) is 0.547. The summed E-state index contributed by atoms with van der Waals surface area (Å²) >= 11 is 0. The van der Waals surface area contributed by atoms with Gasteiger partial charge in [0.2, 0.25) is 0 Å². The first-order chi connectivity index (χ1) is 12.4. The van der Waals surface area contributed by atoms with Crippen LogP contribution < -0.4 is 0 Å². The molecule has 4 rings (SSSR count). The SMILES string of the molecule is Cc1cc(C(C)Cc2nc3c(C)cc(C(C)C)cn3n2)cn2ccnc12. The monoisotopic (exact) mass is 347 g/mol. The highest BCUT2D eigenvalue weighted by Crippen LogP contribution is 2.23. The standard InChI is InChI=1S/C21H25N5/c1-13(2)17-8-16(5)21-23-19(24-26(21)12-17)10-14(3)18-9-15(4)20-22-6-7-25(20)11-18/h6-9,11-14H,10H2,1-5H3. The van der Waals surface area contributed by atoms with Gasteiger partial charge in [-0.2, -0.15) is 5.10 Å². The van der Waals surface area contributed by atoms with E-state index in [1.165, 1.54) is 22.3 Å². The molecule has 26 heavy (non-hydrogen) atoms. The van der Waals surface area contributed by atoms with Crippen LogP contribution in [0.4, 0.5) is 0 Å². The number of aryl methyl sites for hydroxylation is 2. The van der Waals surface area contributed by atoms with Crippen molar-refractivity contribution in [3.8, 4) is 0 Å². The molecule has 0 saturated heterocycles. The van der Waals surface area contributed by atoms with Crippen LogP contribution in [0.3, 0.4) is 0 Å². The van der Waals surface area contributed by atoms with E-state index in [9.17, 15) is 0 Å². The number of aromatic nitrogens is 5. The molecule has 0 saturated carbocycles. The molecule has 0 spiro atoms. The summed E-state index contributed by atoms with van der Waals surface area (Å²) in [4.78, 5) is 9.18. The Morgan fingerprint density at radius 1 is 0.962 bits per heavy atom. The minimum absolute atomic E-state index is 0.336. The second kappa shape index (κ2) is 6.24. The van der Waals surface area contributed by atoms with Crippen LogP contribution in [0.15, 0.2) is 36.9 Å². The lowest BCUT2D eigenvalue weighted by Gasteiger charge is -2.11. The second-order valence-electron chi connectivity index (χ2n) is 7.63. The van der Waals surface area contributed by atoms with Crippen molar-refractivity contribution in [2.24, 2.45) is 0 Å². The maximum atomic E-state index is 4.79. The number of rotatable bonds is 4. The van der Waals surface area contributed by atoms with Gasteiger partial charge in [0.25, 0.3) is 0 Å². The first kappa shape index (κ1) is 16.8. The molecule has 5 nitrogen and oxygen atoms in total. The van der Waals surface area contributed by atoms with Gasteiger partial charge in [0, 0.05) is 31.2 Å². The van der Waals surface area contributed by atoms with E-state index in [1.54, 1.807) is 0 Å². The number of pyridine rings is 2. The molecule has 0 bridgehead atoms. The largest absolute Gasteiger partial charge is 0.307 e. The van der Waals surface area contributed by atoms with E-state index in [-0.39, 0.29) is 0 Å². The van der Waals surface area contributed by atoms with Crippen molar-refractivity contribution in [2.45, 2.75) is 52.9 Å². The molecule has 134 valence electrons. The van der Waals surface area contributed by atoms with Gasteiger partial charge in [0.05, 0.1) is 0 Å². The zero-order valence-corrected chi connectivity index (χ0v) is 16.1. The molecule has 1 unspecified atom stereocenters. The van der Waals surface area contributed by atoms with Crippen LogP contribution >= 0.6 is 0 Å². The van der Waals surface area contributed by atoms with Gasteiger partial charge in [-0.25, -0.2) is 14.5 Å². The first-order valence-electron chi connectivity index (χ1n) is 9.21. The van der Waals surface area contributed by atoms with Gasteiger partial charge in [-0.3, -0.25) is 0 Å². The van der Waals surface area contributed by atoms with Gasteiger partial charge in [-0.1, -0.05) is 32.9 Å². The van der Waals surface area contributed by atoms with Crippen LogP contribution in [0.2, 0.25) is 0 Å². The molecule has 4 aromatic heterocycles. The molecule has 4 heterocycles. The van der Waals surface area contributed by atoms with Crippen molar-refractivity contribution in [1.29, 1.82) is 0 Å². The van der Waals surface area contributed by atoms with E-state index in [2.05, 4.69) is 68.5 Å². The van der Waals surface area contributed by atoms with Crippen molar-refractivity contribution in [2.75, 3.05) is 0 Å². The van der Waals surface area contributed by atoms with E-state index in [4.69, 9.17) is 10.1 Å². The van der Waals surface area contributed by atoms with Gasteiger partial charge in [0.15, 0.2) is 11.5 Å². The Kier molecular flexibility index (Phi) is 4.02. The number of nitrogens with zero attached hydrogens (tertiary/aromatic N) is 5. The molecule has 0 fully saturated rings. The third kappa shape index (κ3) is 2.87. The Hall–Kier alpha value is -2.69. The molecule has 4 aromatic rings. The van der Waals surface area contributed by atoms with E-state index in [0.29, 0.717) is 11.8 Å². The highest BCUT2D eigenvalue weighted by atomic mass is 15.3. The average Bonchev–Trinajstić information content (AvgIpc) is 3.21. The van der Waals surface area contributed by atoms with Crippen LogP contribution in [-0.4, -0.2) is 24.0 Å². The molecular formula is C21H25N5. The fourth-order valence-electron chi connectivity index (χ4n) is 3.52. The van der Waals surface area contributed by atoms with Crippen molar-refractivity contribution in [1.82, 2.24) is 24.0 Å². The molecule has 0 aliphatic carbocycles. The molecule has 0 amide bonds. The predicted molar refractivity (Wildman–Crippen MR) is 104 cm³/mol. The van der Waals surface area contributed by atoms with Crippen molar-refractivity contribution in [3.63, 3.8) is 0 Å². The smallest absolute Gasteiger partial charge is 0.158 e. The normalized spacial score (nSPS) is 13.2. The van der Waals surface area contributed by atoms with Crippen molar-refractivity contribution >= 4 is 11.3 Å². The van der Waals surface area contributed by atoms with Crippen LogP contribution in [0.5, 0.6) is 0 Å². The highest BCUT2D eigenvalue weighted by molar-refractivity contribution is 5.50. The van der Waals surface area contributed by atoms with E-state index in [0.717, 1.165) is 23.5 Å². The predicted octanol–water partition coefficient (Wildman–Crippen LogP) is 4.46. The molecule has 0 aliphatic rings. The van der Waals surface area contributed by atoms with Gasteiger partial charge < -0.3 is 4.40 Å². The minimum atomic E-state index is 0.336. The highest BCUT2D eigenvalue weighted by Gasteiger charge is 2.15. The molecule has 0 aliphatic heterocycles. The zero-order chi connectivity index (χ0) is 18.4. The van der Waals surface area contributed by atoms with E-state index >= 15 is 0 Å². The van der Waals surface area contributed by atoms with Gasteiger partial charge in [-0.05, 0) is 47.9 Å². The lowest BCUT2D eigenvalue weighted by Crippen LogP contribution is -2.03. The van der Waals surface area contributed by atoms with Gasteiger partial charge in [0.1, 0.15) is 5.65 Å². The first-order valence-corrected chi connectivity index (χ1v) is 9.21. The Morgan fingerprint density at radius 2 is 1.69 bits per heavy atom. The summed E-state index contributed by atoms with van der Waals surface area (Å²) in [5.74, 6) is 1.71. The lowest BCUT2D eigenvalue weighted by atomic mass is 9.98. The topological polar surface area (TPSA) is 47.5 Å². The Labute approximate surface area is 153 Å². The summed E-state index contributed by atoms with van der Waals surface area (Å²) in [6.45, 7) is 10.9. The van der Waals surface area contributed by atoms with Crippen LogP contribution in [0.25, 0.3) is 11.3 Å². The molecule has 0 aromatic carbocycles. The Balaban J connectivity index is 1.66. The maximum absolute atomic E-state index is 4.79. The molecule has 5 heteroatoms. The van der Waals surface area contributed by atoms with Gasteiger partial charge in [-0.15, -0.1) is 0 Å². The van der Waals surface area contributed by atoms with Crippen LogP contribution in [-0.2, 0) is 6.42 Å². The Bertz CT molecular complexity index is 1090. The third-order valence-electron chi connectivity index (χ3n) is 5.10. The zero-order valence-electron chi connectivity index (χ0n) is 16.1. The average molecular weight is 347 g/mol. The van der Waals surface area contributed by atoms with Crippen LogP contribution in [0.1, 0.15) is 60.7 Å². The fourth-order valence-corrected chi connectivity index (χ4v) is 3.52. The lowest BCUT2D eigenvalue weighted by molar-refractivity contribution is 0.708. The fraction of sp³-hybridized carbons (Fsp3) is 0.381. The molecule has 0 radical (unpaired) electrons. The Morgan fingerprint density at radius 3 is 2.46 bits per heavy atom. The summed E-state index contributed by atoms with van der Waals surface area (Å²) in [5, 5.41) is 4.74. The summed E-state index contributed by atoms with van der Waals surface area (Å²) in [6.07, 6.45) is 8.93. The number of hydrogen-bond acceptors (Lipinski definition) is 3. The van der Waals surface area contributed by atoms with E-state index < -0.39 is 0 Å². The second-order valence-corrected chi connectivity index (χ2v) is 7.63. The maximum Gasteiger partial charge on any atom is 0.158 e. The molecule has 0 N–H and O–H groups in total. The number of hydrogen-bond donors (Lipinski definition) is 0. The molecule has 1 atom stereocenters. The van der Waals surface area contributed by atoms with Crippen LogP contribution in [0, 0.1) is 13.8 Å². The van der Waals surface area contributed by atoms with E-state index in [1.807, 2.05) is 16.9 Å². The van der Waals surface area contributed by atoms with Gasteiger partial charge >= 0.3 is 0 Å². The number of imidazole rings is 1. The summed E-state index contributed by atoms with van der Waals surface area (Å²) in [7, 11) is 0. The summed E-state index contributed by atoms with van der Waals surface area (Å²) in [6, 6.07) is 4.45. The van der Waals surface area contributed by atoms with Crippen molar-refractivity contribution < 1.29 is 0 Å². The van der Waals surface area contributed by atoms with Crippen molar-refractivity contribution in [3.05, 3.63) is 65.0 Å².